The molecule has 0 aromatic heterocycles. The molecule has 0 saturated carbocycles. The third-order valence-electron chi connectivity index (χ3n) is 6.19. The van der Waals surface area contributed by atoms with Crippen molar-refractivity contribution in [1.29, 1.82) is 0 Å². The van der Waals surface area contributed by atoms with Gasteiger partial charge in [0.2, 0.25) is 5.91 Å². The lowest BCUT2D eigenvalue weighted by atomic mass is 9.96. The van der Waals surface area contributed by atoms with Crippen molar-refractivity contribution in [2.45, 2.75) is 24.3 Å². The van der Waals surface area contributed by atoms with Gasteiger partial charge in [0.05, 0.1) is 25.2 Å². The van der Waals surface area contributed by atoms with Crippen LogP contribution in [-0.4, -0.2) is 64.1 Å². The van der Waals surface area contributed by atoms with Crippen molar-refractivity contribution in [2.24, 2.45) is 0 Å². The van der Waals surface area contributed by atoms with Crippen molar-refractivity contribution in [3.8, 4) is 0 Å². The van der Waals surface area contributed by atoms with Crippen LogP contribution in [0.2, 0.25) is 0 Å². The third kappa shape index (κ3) is 6.82. The summed E-state index contributed by atoms with van der Waals surface area (Å²) in [6.45, 7) is -1.53. The molecular weight excluding hydrogens is 538 g/mol. The van der Waals surface area contributed by atoms with Crippen LogP contribution in [-0.2, 0) is 20.7 Å². The molecule has 3 aromatic rings. The predicted octanol–water partition coefficient (Wildman–Crippen LogP) is 3.76. The molecule has 1 fully saturated rings. The van der Waals surface area contributed by atoms with E-state index in [1.807, 2.05) is 30.3 Å². The van der Waals surface area contributed by atoms with Crippen LogP contribution in [0.3, 0.4) is 0 Å². The molecule has 0 aliphatic carbocycles. The Kier molecular flexibility index (Phi) is 10.3. The van der Waals surface area contributed by atoms with Gasteiger partial charge in [0.15, 0.2) is 23.3 Å². The summed E-state index contributed by atoms with van der Waals surface area (Å²) in [7, 11) is 0. The number of rotatable bonds is 8. The van der Waals surface area contributed by atoms with E-state index in [0.29, 0.717) is 6.42 Å². The molecule has 1 aliphatic rings. The van der Waals surface area contributed by atoms with Crippen LogP contribution >= 0.6 is 0 Å². The van der Waals surface area contributed by atoms with Crippen LogP contribution in [0.1, 0.15) is 28.5 Å². The maximum absolute atomic E-state index is 14.1. The van der Waals surface area contributed by atoms with Crippen molar-refractivity contribution in [2.75, 3.05) is 19.8 Å². The first-order valence-electron chi connectivity index (χ1n) is 12.0. The van der Waals surface area contributed by atoms with Crippen molar-refractivity contribution in [1.82, 2.24) is 4.90 Å². The third-order valence-corrected chi connectivity index (χ3v) is 6.19. The minimum atomic E-state index is -1.43. The monoisotopic (exact) mass is 563 g/mol. The number of carbonyl (C=O) groups excluding carboxylic acids is 2. The van der Waals surface area contributed by atoms with Crippen LogP contribution in [0.25, 0.3) is 0 Å². The van der Waals surface area contributed by atoms with Gasteiger partial charge in [-0.2, -0.15) is 0 Å². The van der Waals surface area contributed by atoms with Gasteiger partial charge in [0, 0.05) is 11.1 Å². The number of carbonyl (C=O) groups is 3. The van der Waals surface area contributed by atoms with E-state index in [9.17, 15) is 37.1 Å². The summed E-state index contributed by atoms with van der Waals surface area (Å²) in [6.07, 6.45) is -0.492. The van der Waals surface area contributed by atoms with Crippen LogP contribution in [0, 0.1) is 23.3 Å². The number of cyclic esters (lactones) is 1. The fourth-order valence-electron chi connectivity index (χ4n) is 4.13. The normalized spacial score (nSPS) is 16.0. The molecule has 8 nitrogen and oxygen atoms in total. The molecule has 0 unspecified atom stereocenters. The molecule has 212 valence electrons. The Morgan fingerprint density at radius 2 is 1.35 bits per heavy atom. The largest absolute Gasteiger partial charge is 0.481 e. The first-order chi connectivity index (χ1) is 19.1. The standard InChI is InChI=1S/C19H17F2NO4.C9H8F2O3/c20-16-8-4-7-14(17(16)21)15(10-23)18(24)22-13(11-26-19(22)25)9-12-5-2-1-3-6-12;10-7-3-1-2-5(8(7)11)6(4-12)9(13)14/h1-8,13,15,23H,9-11H2;1-3,6,12H,4H2,(H,13,14)/t13-,15-;6-/m11/s1. The van der Waals surface area contributed by atoms with Crippen molar-refractivity contribution >= 4 is 18.0 Å². The lowest BCUT2D eigenvalue weighted by Gasteiger charge is -2.24. The molecule has 0 bridgehead atoms. The van der Waals surface area contributed by atoms with Crippen LogP contribution < -0.4 is 0 Å². The summed E-state index contributed by atoms with van der Waals surface area (Å²) < 4.78 is 58.3. The number of amides is 2. The Hall–Kier alpha value is -4.29. The quantitative estimate of drug-likeness (QED) is 0.357. The van der Waals surface area contributed by atoms with Gasteiger partial charge >= 0.3 is 12.1 Å². The van der Waals surface area contributed by atoms with E-state index >= 15 is 0 Å². The van der Waals surface area contributed by atoms with Crippen LogP contribution in [0.5, 0.6) is 0 Å². The Morgan fingerprint density at radius 1 is 0.825 bits per heavy atom. The molecule has 3 aromatic carbocycles. The molecule has 1 aliphatic heterocycles. The zero-order valence-corrected chi connectivity index (χ0v) is 20.8. The highest BCUT2D eigenvalue weighted by Gasteiger charge is 2.41. The Morgan fingerprint density at radius 3 is 1.85 bits per heavy atom. The summed E-state index contributed by atoms with van der Waals surface area (Å²) in [5.41, 5.74) is 0.252. The second-order valence-corrected chi connectivity index (χ2v) is 8.72. The molecule has 40 heavy (non-hydrogen) atoms. The molecule has 3 atom stereocenters. The molecule has 3 N–H and O–H groups in total. The van der Waals surface area contributed by atoms with E-state index in [4.69, 9.17) is 14.9 Å². The van der Waals surface area contributed by atoms with Gasteiger partial charge < -0.3 is 20.1 Å². The highest BCUT2D eigenvalue weighted by Crippen LogP contribution is 2.27. The number of nitrogens with zero attached hydrogens (tertiary/aromatic N) is 1. The van der Waals surface area contributed by atoms with Crippen molar-refractivity contribution in [3.63, 3.8) is 0 Å². The molecule has 1 heterocycles. The zero-order valence-electron chi connectivity index (χ0n) is 20.8. The highest BCUT2D eigenvalue weighted by atomic mass is 19.2. The minimum absolute atomic E-state index is 0.00322. The maximum atomic E-state index is 14.1. The summed E-state index contributed by atoms with van der Waals surface area (Å²) in [6, 6.07) is 15.2. The van der Waals surface area contributed by atoms with E-state index in [1.54, 1.807) is 0 Å². The smallest absolute Gasteiger partial charge is 0.417 e. The molecule has 4 rings (SSSR count). The lowest BCUT2D eigenvalue weighted by Crippen LogP contribution is -2.43. The summed E-state index contributed by atoms with van der Waals surface area (Å²) in [5.74, 6) is -9.72. The number of aliphatic hydroxyl groups is 2. The van der Waals surface area contributed by atoms with Gasteiger partial charge in [-0.3, -0.25) is 9.59 Å². The fraction of sp³-hybridized carbons (Fsp3) is 0.250. The number of ether oxygens (including phenoxy) is 1. The Labute approximate surface area is 226 Å². The summed E-state index contributed by atoms with van der Waals surface area (Å²) in [5, 5.41) is 26.9. The fourth-order valence-corrected chi connectivity index (χ4v) is 4.13. The van der Waals surface area contributed by atoms with E-state index < -0.39 is 72.3 Å². The number of benzene rings is 3. The number of aliphatic hydroxyl groups excluding tert-OH is 2. The van der Waals surface area contributed by atoms with Gasteiger partial charge in [-0.25, -0.2) is 27.3 Å². The summed E-state index contributed by atoms with van der Waals surface area (Å²) in [4.78, 5) is 36.3. The highest BCUT2D eigenvalue weighted by molar-refractivity contribution is 5.97. The second kappa shape index (κ2) is 13.7. The minimum Gasteiger partial charge on any atom is -0.481 e. The van der Waals surface area contributed by atoms with Crippen LogP contribution in [0.15, 0.2) is 66.7 Å². The lowest BCUT2D eigenvalue weighted by molar-refractivity contribution is -0.139. The number of carboxylic acid groups (broad SMARTS) is 1. The summed E-state index contributed by atoms with van der Waals surface area (Å²) >= 11 is 0. The molecule has 0 spiro atoms. The van der Waals surface area contributed by atoms with Gasteiger partial charge in [0.25, 0.3) is 0 Å². The van der Waals surface area contributed by atoms with Crippen molar-refractivity contribution < 1.29 is 52.0 Å². The second-order valence-electron chi connectivity index (χ2n) is 8.72. The number of hydrogen-bond acceptors (Lipinski definition) is 6. The Balaban J connectivity index is 0.000000267. The van der Waals surface area contributed by atoms with E-state index in [1.165, 1.54) is 18.2 Å². The van der Waals surface area contributed by atoms with Gasteiger partial charge in [-0.1, -0.05) is 54.6 Å². The zero-order chi connectivity index (χ0) is 29.4. The average Bonchev–Trinajstić information content (AvgIpc) is 3.30. The van der Waals surface area contributed by atoms with E-state index in [0.717, 1.165) is 28.7 Å². The number of aliphatic carboxylic acids is 1. The van der Waals surface area contributed by atoms with Crippen molar-refractivity contribution in [3.05, 3.63) is 107 Å². The molecule has 1 saturated heterocycles. The average molecular weight is 564 g/mol. The number of carboxylic acids is 1. The maximum Gasteiger partial charge on any atom is 0.417 e. The first kappa shape index (κ1) is 30.3. The van der Waals surface area contributed by atoms with E-state index in [-0.39, 0.29) is 17.7 Å². The van der Waals surface area contributed by atoms with E-state index in [2.05, 4.69) is 0 Å². The number of hydrogen-bond donors (Lipinski definition) is 3. The molecule has 2 amide bonds. The topological polar surface area (TPSA) is 124 Å². The van der Waals surface area contributed by atoms with Gasteiger partial charge in [0.1, 0.15) is 12.5 Å². The predicted molar refractivity (Wildman–Crippen MR) is 132 cm³/mol. The number of imide groups is 1. The first-order valence-corrected chi connectivity index (χ1v) is 12.0. The van der Waals surface area contributed by atoms with Crippen LogP contribution in [0.4, 0.5) is 22.4 Å². The molecule has 12 heteroatoms. The molecule has 0 radical (unpaired) electrons. The van der Waals surface area contributed by atoms with Gasteiger partial charge in [-0.05, 0) is 24.1 Å². The molecular formula is C28H25F4NO7. The SMILES string of the molecule is O=C(O)[C@H](CO)c1cccc(F)c1F.O=C1OC[C@@H](Cc2ccccc2)N1C(=O)[C@H](CO)c1cccc(F)c1F. The number of halogens is 4. The van der Waals surface area contributed by atoms with Gasteiger partial charge in [-0.15, -0.1) is 0 Å². The Bertz CT molecular complexity index is 1360.